The Hall–Kier alpha value is -6.99. The summed E-state index contributed by atoms with van der Waals surface area (Å²) in [6.07, 6.45) is 2.75. The van der Waals surface area contributed by atoms with Crippen molar-refractivity contribution in [2.75, 3.05) is 12.0 Å². The Bertz CT molecular complexity index is 3700. The molecule has 4 radical (unpaired) electrons. The number of carbonyl (C=O) groups is 9. The molecule has 1 aromatic heterocycles. The van der Waals surface area contributed by atoms with E-state index in [0.29, 0.717) is 57.7 Å². The number of rotatable bonds is 46. The Balaban J connectivity index is 0.000000855. The van der Waals surface area contributed by atoms with Crippen LogP contribution in [0.25, 0.3) is 0 Å². The molecule has 0 saturated carbocycles. The molecule has 7 amide bonds. The number of hydrogen-bond acceptors (Lipinski definition) is 16. The minimum atomic E-state index is -2.23. The van der Waals surface area contributed by atoms with E-state index < -0.39 is 88.4 Å². The van der Waals surface area contributed by atoms with Gasteiger partial charge >= 0.3 is 5.97 Å². The van der Waals surface area contributed by atoms with Crippen LogP contribution in [0.2, 0.25) is 36.3 Å². The van der Waals surface area contributed by atoms with E-state index in [1.165, 1.54) is 0 Å². The fourth-order valence-electron chi connectivity index (χ4n) is 12.6. The van der Waals surface area contributed by atoms with Crippen molar-refractivity contribution in [2.45, 2.75) is 321 Å². The van der Waals surface area contributed by atoms with Gasteiger partial charge in [0.15, 0.2) is 34.0 Å². The van der Waals surface area contributed by atoms with Crippen molar-refractivity contribution in [1.29, 1.82) is 0 Å². The Kier molecular flexibility index (Phi) is 50.5. The van der Waals surface area contributed by atoms with E-state index in [1.54, 1.807) is 30.3 Å². The molecule has 0 aliphatic carbocycles. The number of ketones is 1. The molecule has 672 valence electrons. The van der Waals surface area contributed by atoms with Gasteiger partial charge in [-0.1, -0.05) is 236 Å². The number of carboxylic acid groups (broad SMARTS) is 1. The third kappa shape index (κ3) is 42.9. The summed E-state index contributed by atoms with van der Waals surface area (Å²) in [7, 11) is 6.48. The van der Waals surface area contributed by atoms with E-state index in [4.69, 9.17) is 35.0 Å². The monoisotopic (exact) mass is 1720 g/mol. The number of aromatic nitrogens is 2. The van der Waals surface area contributed by atoms with Gasteiger partial charge in [0, 0.05) is 43.6 Å². The Morgan fingerprint density at radius 2 is 0.925 bits per heavy atom. The van der Waals surface area contributed by atoms with E-state index in [2.05, 4.69) is 138 Å². The molecule has 11 N–H and O–H groups in total. The molecule has 0 fully saturated rings. The van der Waals surface area contributed by atoms with Crippen molar-refractivity contribution < 1.29 is 67.0 Å². The van der Waals surface area contributed by atoms with E-state index in [1.807, 2.05) is 179 Å². The minimum Gasteiger partial charge on any atom is -0.481 e. The molecule has 0 saturated heterocycles. The molecule has 0 aliphatic heterocycles. The van der Waals surface area contributed by atoms with Crippen molar-refractivity contribution in [3.63, 3.8) is 0 Å². The van der Waals surface area contributed by atoms with Crippen molar-refractivity contribution in [1.82, 2.24) is 47.0 Å². The van der Waals surface area contributed by atoms with Crippen LogP contribution in [0.3, 0.4) is 0 Å². The molecule has 0 unspecified atom stereocenters. The van der Waals surface area contributed by atoms with Crippen LogP contribution in [0, 0.1) is 73.0 Å². The highest BCUT2D eigenvalue weighted by Crippen LogP contribution is 2.41. The van der Waals surface area contributed by atoms with Gasteiger partial charge in [0.05, 0.1) is 48.0 Å². The SMILES string of the molecule is CC(C)[C@H](N)C(=O)NCc1ccccc1.CSCC[C@H](OCn1nc(C)cc1C)C(=O)C[C@@H](CC(C)C)[C@@H](O)C[C@@H](C)C(=O)N[C@H](C(=O)NCc1ccccc1)C(C)C.[B]C(=O)N[C@@H](C(C)C)[C@H](C[C@@H](C)C(=O)O)O[Si](C)(C)C(C)(C)C.[B]C(=O)N[C@@H](CC(C)C)[C@H](C[C@@H](C)C(=O)N[C@H](C(=O)NCc1ccccc1)C(C)C)O[Si](C)(C)C(C)(C)C. The fraction of sp³-hybridized carbons (Fsp3) is 0.670. The molecule has 0 bridgehead atoms. The average molecular weight is 1720 g/mol. The number of benzene rings is 3. The molecular weight excluding hydrogens is 1570 g/mol. The summed E-state index contributed by atoms with van der Waals surface area (Å²) in [4.78, 5) is 112. The lowest BCUT2D eigenvalue weighted by Gasteiger charge is -2.43. The van der Waals surface area contributed by atoms with Crippen molar-refractivity contribution in [3.8, 4) is 0 Å². The van der Waals surface area contributed by atoms with Gasteiger partial charge in [0.1, 0.15) is 24.9 Å². The van der Waals surface area contributed by atoms with Crippen LogP contribution in [0.1, 0.15) is 218 Å². The summed E-state index contributed by atoms with van der Waals surface area (Å²) < 4.78 is 21.1. The van der Waals surface area contributed by atoms with Gasteiger partial charge in [-0.15, -0.1) is 0 Å². The van der Waals surface area contributed by atoms with Crippen LogP contribution < -0.4 is 43.0 Å². The second-order valence-electron chi connectivity index (χ2n) is 37.6. The normalized spacial score (nSPS) is 15.2. The summed E-state index contributed by atoms with van der Waals surface area (Å²) in [5, 5.41) is 45.1. The van der Waals surface area contributed by atoms with Gasteiger partial charge in [-0.05, 0) is 165 Å². The lowest BCUT2D eigenvalue weighted by molar-refractivity contribution is -0.142. The van der Waals surface area contributed by atoms with Gasteiger partial charge < -0.3 is 66.8 Å². The summed E-state index contributed by atoms with van der Waals surface area (Å²) >= 11 is 1.66. The molecule has 1 heterocycles. The maximum Gasteiger partial charge on any atom is 0.306 e. The number of ether oxygens (including phenoxy) is 1. The predicted octanol–water partition coefficient (Wildman–Crippen LogP) is 14.9. The minimum absolute atomic E-state index is 0.00797. The van der Waals surface area contributed by atoms with Crippen LogP contribution >= 0.6 is 11.8 Å². The number of hydrogen-bond donors (Lipinski definition) is 10. The maximum atomic E-state index is 13.5. The van der Waals surface area contributed by atoms with Gasteiger partial charge in [0.2, 0.25) is 45.2 Å². The van der Waals surface area contributed by atoms with E-state index >= 15 is 0 Å². The highest BCUT2D eigenvalue weighted by Gasteiger charge is 2.44. The summed E-state index contributed by atoms with van der Waals surface area (Å²) in [5.41, 5.74) is 10.6. The van der Waals surface area contributed by atoms with Gasteiger partial charge in [0.25, 0.3) is 0 Å². The number of aryl methyl sites for hydroxylation is 2. The Morgan fingerprint density at radius 1 is 0.525 bits per heavy atom. The molecule has 29 heteroatoms. The first-order chi connectivity index (χ1) is 55.6. The zero-order chi connectivity index (χ0) is 91.9. The van der Waals surface area contributed by atoms with Crippen LogP contribution in [-0.2, 0) is 73.5 Å². The highest BCUT2D eigenvalue weighted by molar-refractivity contribution is 7.98. The second-order valence-corrected chi connectivity index (χ2v) is 48.1. The zero-order valence-corrected chi connectivity index (χ0v) is 80.8. The molecule has 13 atom stereocenters. The predicted molar refractivity (Wildman–Crippen MR) is 493 cm³/mol. The van der Waals surface area contributed by atoms with Crippen LogP contribution in [-0.4, -0.2) is 172 Å². The smallest absolute Gasteiger partial charge is 0.306 e. The molecule has 24 nitrogen and oxygen atoms in total. The van der Waals surface area contributed by atoms with Crippen molar-refractivity contribution >= 4 is 97.0 Å². The first kappa shape index (κ1) is 111. The van der Waals surface area contributed by atoms with E-state index in [0.717, 1.165) is 33.8 Å². The molecule has 4 aromatic rings. The van der Waals surface area contributed by atoms with Gasteiger partial charge in [-0.3, -0.25) is 43.2 Å². The second kappa shape index (κ2) is 54.6. The van der Waals surface area contributed by atoms with E-state index in [-0.39, 0.29) is 119 Å². The van der Waals surface area contributed by atoms with Gasteiger partial charge in [-0.2, -0.15) is 16.9 Å². The third-order valence-electron chi connectivity index (χ3n) is 22.2. The number of carbonyl (C=O) groups excluding carboxylic acids is 8. The third-order valence-corrected chi connectivity index (χ3v) is 31.8. The number of aliphatic carboxylic acids is 1. The van der Waals surface area contributed by atoms with Gasteiger partial charge in [-0.25, -0.2) is 4.68 Å². The first-order valence-corrected chi connectivity index (χ1v) is 50.1. The standard InChI is InChI=1S/C34H54N4O5S.C29H50BN3O4Si.C16H32BNO4Si.C12H18N2O/c1-22(2)16-28(19-30(40)31(14-15-44-8)43-21-38-26(7)18-25(6)37-38)29(39)17-24(5)33(41)36-32(23(3)4)34(42)35-20-27-12-10-9-11-13-27;1-19(2)16-23(32-28(30)36)24(37-38(9,10)29(6,7)8)17-21(5)26(34)33-25(20(3)4)27(35)31-18-22-14-12-11-13-15-22;1-10(2)13(18-15(17)21)12(9-11(3)14(19)20)22-23(7,8)16(4,5)6;1-9(2)11(13)12(15)14-8-10-6-4-3-5-7-10/h9-13,18,22-24,28-29,31-32,39H,14-17,19-21H2,1-8H3,(H,35,42)(H,36,41);11-15,19-21,23-25H,16-18H2,1-10H3,(H,31,35)(H,32,36)(H,33,34);10-13H,9H2,1-8H3,(H,18,21)(H,19,20);3-7,9,11H,8,13H2,1-2H3,(H,14,15)/t24-,28-,29+,31+,32+;21-,23+,24+,25+;11-,12+,13+;11-/m1110/s1. The Morgan fingerprint density at radius 3 is 1.27 bits per heavy atom. The number of nitrogens with one attached hydrogen (secondary N) is 7. The van der Waals surface area contributed by atoms with Crippen LogP contribution in [0.5, 0.6) is 0 Å². The summed E-state index contributed by atoms with van der Waals surface area (Å²) in [6, 6.07) is 28.6. The lowest BCUT2D eigenvalue weighted by atomic mass is 9.83. The highest BCUT2D eigenvalue weighted by atomic mass is 32.2. The molecule has 120 heavy (non-hydrogen) atoms. The number of aliphatic hydroxyl groups excluding tert-OH is 1. The molecule has 0 aliphatic rings. The fourth-order valence-corrected chi connectivity index (χ4v) is 15.8. The quantitative estimate of drug-likeness (QED) is 0.0184. The molecular formula is C91H154B2N10O14SSi2. The number of Topliss-reactive ketones (excluding diaryl/α,β-unsaturated/α-hetero) is 1. The van der Waals surface area contributed by atoms with Crippen LogP contribution in [0.15, 0.2) is 97.1 Å². The van der Waals surface area contributed by atoms with Crippen molar-refractivity contribution in [2.24, 2.45) is 64.9 Å². The average Bonchev–Trinajstić information content (AvgIpc) is 1.06. The molecule has 0 spiro atoms. The Labute approximate surface area is 730 Å². The van der Waals surface area contributed by atoms with E-state index in [9.17, 15) is 53.4 Å². The topological polar surface area (TPSA) is 350 Å². The summed E-state index contributed by atoms with van der Waals surface area (Å²) in [5.74, 6) is -3.70. The lowest BCUT2D eigenvalue weighted by Crippen LogP contribution is -2.54. The molecule has 4 rings (SSSR count). The number of aliphatic hydroxyl groups is 1. The maximum absolute atomic E-state index is 13.5. The number of nitrogens with zero attached hydrogens (tertiary/aromatic N) is 2. The largest absolute Gasteiger partial charge is 0.481 e. The number of carboxylic acids is 1. The zero-order valence-electron chi connectivity index (χ0n) is 78.0. The van der Waals surface area contributed by atoms with Crippen molar-refractivity contribution in [3.05, 3.63) is 125 Å². The number of amides is 7. The number of nitrogens with two attached hydrogens (primary N) is 1. The summed E-state index contributed by atoms with van der Waals surface area (Å²) in [6.45, 7) is 55.7. The molecule has 3 aromatic carbocycles. The van der Waals surface area contributed by atoms with Crippen LogP contribution in [0.4, 0.5) is 9.59 Å². The first-order valence-electron chi connectivity index (χ1n) is 42.9. The number of thioether (sulfide) groups is 1.